The number of anilines is 1. The number of hydrogen-bond donors (Lipinski definition) is 2. The van der Waals surface area contributed by atoms with Gasteiger partial charge in [0.25, 0.3) is 5.91 Å². The van der Waals surface area contributed by atoms with Crippen molar-refractivity contribution in [3.63, 3.8) is 0 Å². The van der Waals surface area contributed by atoms with Crippen molar-refractivity contribution in [3.05, 3.63) is 40.3 Å². The van der Waals surface area contributed by atoms with E-state index in [2.05, 4.69) is 15.0 Å². The summed E-state index contributed by atoms with van der Waals surface area (Å²) in [6, 6.07) is 5.69. The van der Waals surface area contributed by atoms with Gasteiger partial charge < -0.3 is 20.7 Å². The molecule has 1 aliphatic rings. The maximum absolute atomic E-state index is 12.3. The van der Waals surface area contributed by atoms with E-state index in [0.717, 1.165) is 0 Å². The van der Waals surface area contributed by atoms with Gasteiger partial charge in [0.05, 0.1) is 0 Å². The number of aromatic nitrogens is 1. The fourth-order valence-corrected chi connectivity index (χ4v) is 3.41. The van der Waals surface area contributed by atoms with Gasteiger partial charge in [-0.3, -0.25) is 4.79 Å². The molecule has 1 aromatic carbocycles. The standard InChI is InChI=1S/C16H17F3N4O2S/c17-16(18,19)25-12-3-1-2-11(6-12)23-5-4-10(8-23)21-15(24)13-9-26-14(7-20)22-13/h1-3,6,9-10H,4-5,7-8,20H2,(H,21,24). The normalized spacial score (nSPS) is 17.4. The molecular weight excluding hydrogens is 369 g/mol. The minimum Gasteiger partial charge on any atom is -0.406 e. The Bertz CT molecular complexity index is 781. The molecule has 10 heteroatoms. The number of nitrogens with two attached hydrogens (primary N) is 1. The average molecular weight is 386 g/mol. The molecule has 26 heavy (non-hydrogen) atoms. The van der Waals surface area contributed by atoms with Gasteiger partial charge in [-0.25, -0.2) is 4.98 Å². The fourth-order valence-electron chi connectivity index (χ4n) is 2.76. The van der Waals surface area contributed by atoms with E-state index in [1.807, 2.05) is 4.90 Å². The van der Waals surface area contributed by atoms with E-state index < -0.39 is 6.36 Å². The summed E-state index contributed by atoms with van der Waals surface area (Å²) in [7, 11) is 0. The Kier molecular flexibility index (Phi) is 5.33. The smallest absolute Gasteiger partial charge is 0.406 e. The summed E-state index contributed by atoms with van der Waals surface area (Å²) in [6.45, 7) is 1.39. The lowest BCUT2D eigenvalue weighted by atomic mass is 10.2. The Labute approximate surface area is 151 Å². The SMILES string of the molecule is NCc1nc(C(=O)NC2CCN(c3cccc(OC(F)(F)F)c3)C2)cs1. The van der Waals surface area contributed by atoms with Crippen molar-refractivity contribution >= 4 is 22.9 Å². The molecule has 2 heterocycles. The summed E-state index contributed by atoms with van der Waals surface area (Å²) in [5, 5.41) is 5.24. The van der Waals surface area contributed by atoms with Crippen LogP contribution in [0.15, 0.2) is 29.6 Å². The summed E-state index contributed by atoms with van der Waals surface area (Å²) in [5.41, 5.74) is 6.43. The second-order valence-electron chi connectivity index (χ2n) is 5.78. The van der Waals surface area contributed by atoms with Crippen molar-refractivity contribution in [2.75, 3.05) is 18.0 Å². The number of alkyl halides is 3. The van der Waals surface area contributed by atoms with Crippen LogP contribution in [0.1, 0.15) is 21.9 Å². The lowest BCUT2D eigenvalue weighted by Gasteiger charge is -2.20. The number of amides is 1. The molecular formula is C16H17F3N4O2S. The zero-order valence-electron chi connectivity index (χ0n) is 13.6. The number of ether oxygens (including phenoxy) is 1. The van der Waals surface area contributed by atoms with Crippen LogP contribution in [0.4, 0.5) is 18.9 Å². The lowest BCUT2D eigenvalue weighted by Crippen LogP contribution is -2.37. The van der Waals surface area contributed by atoms with E-state index >= 15 is 0 Å². The van der Waals surface area contributed by atoms with Crippen LogP contribution < -0.4 is 20.7 Å². The van der Waals surface area contributed by atoms with Crippen molar-refractivity contribution in [3.8, 4) is 5.75 Å². The highest BCUT2D eigenvalue weighted by molar-refractivity contribution is 7.09. The number of halogens is 3. The topological polar surface area (TPSA) is 80.5 Å². The molecule has 1 atom stereocenters. The van der Waals surface area contributed by atoms with Crippen LogP contribution in [0.2, 0.25) is 0 Å². The number of nitrogens with one attached hydrogen (secondary N) is 1. The summed E-state index contributed by atoms with van der Waals surface area (Å²) >= 11 is 1.33. The van der Waals surface area contributed by atoms with E-state index in [1.54, 1.807) is 11.4 Å². The van der Waals surface area contributed by atoms with E-state index in [9.17, 15) is 18.0 Å². The van der Waals surface area contributed by atoms with E-state index in [4.69, 9.17) is 5.73 Å². The van der Waals surface area contributed by atoms with E-state index in [0.29, 0.717) is 35.9 Å². The molecule has 1 aliphatic heterocycles. The van der Waals surface area contributed by atoms with Crippen LogP contribution in [0, 0.1) is 0 Å². The zero-order valence-corrected chi connectivity index (χ0v) is 14.4. The molecule has 0 aliphatic carbocycles. The predicted octanol–water partition coefficient (Wildman–Crippen LogP) is 2.51. The quantitative estimate of drug-likeness (QED) is 0.825. The first-order valence-electron chi connectivity index (χ1n) is 7.90. The summed E-state index contributed by atoms with van der Waals surface area (Å²) in [6.07, 6.45) is -4.04. The molecule has 1 amide bonds. The third kappa shape index (κ3) is 4.64. The average Bonchev–Trinajstić information content (AvgIpc) is 3.22. The molecule has 6 nitrogen and oxygen atoms in total. The van der Waals surface area contributed by atoms with E-state index in [-0.39, 0.29) is 24.2 Å². The number of rotatable bonds is 5. The van der Waals surface area contributed by atoms with Crippen LogP contribution in [0.3, 0.4) is 0 Å². The maximum atomic E-state index is 12.3. The second-order valence-corrected chi connectivity index (χ2v) is 6.72. The zero-order chi connectivity index (χ0) is 18.7. The summed E-state index contributed by atoms with van der Waals surface area (Å²) in [4.78, 5) is 18.3. The van der Waals surface area contributed by atoms with Gasteiger partial charge in [-0.2, -0.15) is 0 Å². The molecule has 1 unspecified atom stereocenters. The van der Waals surface area contributed by atoms with Gasteiger partial charge in [0.1, 0.15) is 16.5 Å². The Morgan fingerprint density at radius 3 is 2.96 bits per heavy atom. The van der Waals surface area contributed by atoms with Crippen LogP contribution >= 0.6 is 11.3 Å². The summed E-state index contributed by atoms with van der Waals surface area (Å²) in [5.74, 6) is -0.541. The van der Waals surface area contributed by atoms with Gasteiger partial charge in [-0.1, -0.05) is 6.07 Å². The van der Waals surface area contributed by atoms with Gasteiger partial charge in [0, 0.05) is 42.8 Å². The van der Waals surface area contributed by atoms with Crippen molar-refractivity contribution in [2.24, 2.45) is 5.73 Å². The molecule has 0 radical (unpaired) electrons. The molecule has 1 fully saturated rings. The lowest BCUT2D eigenvalue weighted by molar-refractivity contribution is -0.274. The monoisotopic (exact) mass is 386 g/mol. The number of carbonyl (C=O) groups excluding carboxylic acids is 1. The minimum atomic E-state index is -4.73. The van der Waals surface area contributed by atoms with Crippen LogP contribution in [-0.4, -0.2) is 36.4 Å². The third-order valence-electron chi connectivity index (χ3n) is 3.90. The predicted molar refractivity (Wildman–Crippen MR) is 91.2 cm³/mol. The molecule has 0 spiro atoms. The van der Waals surface area contributed by atoms with Gasteiger partial charge >= 0.3 is 6.36 Å². The number of carbonyl (C=O) groups is 1. The minimum absolute atomic E-state index is 0.113. The van der Waals surface area contributed by atoms with Gasteiger partial charge in [-0.05, 0) is 18.6 Å². The van der Waals surface area contributed by atoms with Crippen LogP contribution in [0.5, 0.6) is 5.75 Å². The first-order valence-corrected chi connectivity index (χ1v) is 8.78. The second kappa shape index (κ2) is 7.50. The molecule has 0 saturated carbocycles. The summed E-state index contributed by atoms with van der Waals surface area (Å²) < 4.78 is 41.0. The molecule has 3 N–H and O–H groups in total. The fraction of sp³-hybridized carbons (Fsp3) is 0.375. The van der Waals surface area contributed by atoms with Gasteiger partial charge in [0.15, 0.2) is 0 Å². The molecule has 1 saturated heterocycles. The van der Waals surface area contributed by atoms with E-state index in [1.165, 1.54) is 29.5 Å². The Balaban J connectivity index is 1.60. The number of hydrogen-bond acceptors (Lipinski definition) is 6. The molecule has 0 bridgehead atoms. The Hall–Kier alpha value is -2.33. The molecule has 3 rings (SSSR count). The highest BCUT2D eigenvalue weighted by Gasteiger charge is 2.31. The number of benzene rings is 1. The number of thiazole rings is 1. The number of nitrogens with zero attached hydrogens (tertiary/aromatic N) is 2. The van der Waals surface area contributed by atoms with Gasteiger partial charge in [0.2, 0.25) is 0 Å². The first-order chi connectivity index (χ1) is 12.3. The van der Waals surface area contributed by atoms with Crippen molar-refractivity contribution in [1.82, 2.24) is 10.3 Å². The molecule has 140 valence electrons. The Morgan fingerprint density at radius 1 is 1.46 bits per heavy atom. The van der Waals surface area contributed by atoms with Crippen molar-refractivity contribution in [2.45, 2.75) is 25.4 Å². The molecule has 2 aromatic rings. The first kappa shape index (κ1) is 18.5. The third-order valence-corrected chi connectivity index (χ3v) is 4.77. The largest absolute Gasteiger partial charge is 0.573 e. The highest BCUT2D eigenvalue weighted by Crippen LogP contribution is 2.28. The van der Waals surface area contributed by atoms with Crippen molar-refractivity contribution < 1.29 is 22.7 Å². The molecule has 1 aromatic heterocycles. The van der Waals surface area contributed by atoms with Gasteiger partial charge in [-0.15, -0.1) is 24.5 Å². The highest BCUT2D eigenvalue weighted by atomic mass is 32.1. The van der Waals surface area contributed by atoms with Crippen LogP contribution in [-0.2, 0) is 6.54 Å². The maximum Gasteiger partial charge on any atom is 0.573 e. The van der Waals surface area contributed by atoms with Crippen LogP contribution in [0.25, 0.3) is 0 Å². The van der Waals surface area contributed by atoms with Crippen molar-refractivity contribution in [1.29, 1.82) is 0 Å². The Morgan fingerprint density at radius 2 is 2.27 bits per heavy atom.